The predicted octanol–water partition coefficient (Wildman–Crippen LogP) is 1.74. The summed E-state index contributed by atoms with van der Waals surface area (Å²) in [6, 6.07) is 0. The number of aliphatic hydroxyl groups is 2. The molecule has 0 bridgehead atoms. The molecule has 0 saturated heterocycles. The van der Waals surface area contributed by atoms with Crippen LogP contribution in [0.2, 0.25) is 0 Å². The van der Waals surface area contributed by atoms with E-state index in [-0.39, 0.29) is 31.3 Å². The van der Waals surface area contributed by atoms with Crippen LogP contribution in [0.15, 0.2) is 27.0 Å². The lowest BCUT2D eigenvalue weighted by molar-refractivity contribution is -0.162. The van der Waals surface area contributed by atoms with E-state index in [4.69, 9.17) is 9.47 Å². The van der Waals surface area contributed by atoms with Crippen LogP contribution in [-0.4, -0.2) is 60.3 Å². The van der Waals surface area contributed by atoms with Gasteiger partial charge in [0, 0.05) is 0 Å². The van der Waals surface area contributed by atoms with E-state index in [0.29, 0.717) is 23.8 Å². The number of hydrogen-bond acceptors (Lipinski definition) is 9. The Morgan fingerprint density at radius 2 is 1.30 bits per heavy atom. The highest BCUT2D eigenvalue weighted by Gasteiger charge is 2.27. The largest absolute Gasteiger partial charge is 0.463 e. The molecule has 40 heavy (non-hydrogen) atoms. The molecule has 1 heterocycles. The number of ether oxygens (including phenoxy) is 2. The number of allylic oxidation sites excluding steroid dienone is 1. The summed E-state index contributed by atoms with van der Waals surface area (Å²) in [6.07, 6.45) is 1.55. The highest BCUT2D eigenvalue weighted by atomic mass is 16.6. The summed E-state index contributed by atoms with van der Waals surface area (Å²) in [5, 5.41) is 21.1. The molecule has 0 amide bonds. The van der Waals surface area contributed by atoms with Gasteiger partial charge in [0.1, 0.15) is 18.3 Å². The van der Waals surface area contributed by atoms with Crippen LogP contribution in [0.25, 0.3) is 0 Å². The first-order valence-electron chi connectivity index (χ1n) is 14.0. The highest BCUT2D eigenvalue weighted by Crippen LogP contribution is 2.31. The maximum absolute atomic E-state index is 13.1. The number of hydrogen-bond donors (Lipinski definition) is 2. The van der Waals surface area contributed by atoms with Crippen LogP contribution in [0.1, 0.15) is 86.5 Å². The third-order valence-corrected chi connectivity index (χ3v) is 7.75. The number of esters is 2. The zero-order valence-corrected chi connectivity index (χ0v) is 24.8. The van der Waals surface area contributed by atoms with E-state index >= 15 is 0 Å². The zero-order valence-electron chi connectivity index (χ0n) is 24.8. The summed E-state index contributed by atoms with van der Waals surface area (Å²) < 4.78 is 12.7. The van der Waals surface area contributed by atoms with Gasteiger partial charge in [-0.15, -0.1) is 6.58 Å². The first kappa shape index (κ1) is 35.0. The summed E-state index contributed by atoms with van der Waals surface area (Å²) in [4.78, 5) is 63.1. The molecular formula is C28H47N3O9. The molecule has 1 aromatic rings. The smallest absolute Gasteiger partial charge is 0.336 e. The molecule has 0 aromatic carbocycles. The van der Waals surface area contributed by atoms with E-state index in [2.05, 4.69) is 6.58 Å². The van der Waals surface area contributed by atoms with Gasteiger partial charge in [-0.25, -0.2) is 28.1 Å². The van der Waals surface area contributed by atoms with E-state index < -0.39 is 60.0 Å². The Labute approximate surface area is 235 Å². The Morgan fingerprint density at radius 3 is 1.77 bits per heavy atom. The highest BCUT2D eigenvalue weighted by molar-refractivity contribution is 5.77. The van der Waals surface area contributed by atoms with E-state index in [1.807, 2.05) is 41.5 Å². The maximum Gasteiger partial charge on any atom is 0.336 e. The number of carbonyl (C=O) groups is 2. The number of carbonyl (C=O) groups excluding carboxylic acids is 2. The molecule has 1 rings (SSSR count). The van der Waals surface area contributed by atoms with Gasteiger partial charge in [-0.3, -0.25) is 9.59 Å². The maximum atomic E-state index is 13.1. The molecule has 228 valence electrons. The van der Waals surface area contributed by atoms with Crippen LogP contribution in [0, 0.1) is 5.41 Å². The predicted molar refractivity (Wildman–Crippen MR) is 150 cm³/mol. The lowest BCUT2D eigenvalue weighted by Crippen LogP contribution is -2.56. The number of rotatable bonds is 18. The van der Waals surface area contributed by atoms with Crippen molar-refractivity contribution in [3.05, 3.63) is 44.1 Å². The van der Waals surface area contributed by atoms with Gasteiger partial charge in [-0.1, -0.05) is 53.5 Å². The van der Waals surface area contributed by atoms with Gasteiger partial charge >= 0.3 is 29.0 Å². The number of nitrogens with zero attached hydrogens (tertiary/aromatic N) is 3. The quantitative estimate of drug-likeness (QED) is 0.198. The minimum Gasteiger partial charge on any atom is -0.463 e. The Bertz CT molecular complexity index is 1170. The summed E-state index contributed by atoms with van der Waals surface area (Å²) in [5.41, 5.74) is -3.65. The minimum atomic E-state index is -1.46. The van der Waals surface area contributed by atoms with E-state index in [1.165, 1.54) is 6.08 Å². The second-order valence-corrected chi connectivity index (χ2v) is 10.8. The summed E-state index contributed by atoms with van der Waals surface area (Å²) in [5.74, 6) is -1.30. The van der Waals surface area contributed by atoms with E-state index in [0.717, 1.165) is 22.0 Å². The van der Waals surface area contributed by atoms with Crippen molar-refractivity contribution in [3.63, 3.8) is 0 Å². The zero-order chi connectivity index (χ0) is 30.7. The monoisotopic (exact) mass is 569 g/mol. The molecule has 12 heteroatoms. The average molecular weight is 570 g/mol. The lowest BCUT2D eigenvalue weighted by atomic mass is 9.79. The Balaban J connectivity index is 3.00. The normalized spacial score (nSPS) is 13.5. The molecule has 0 radical (unpaired) electrons. The van der Waals surface area contributed by atoms with Crippen LogP contribution >= 0.6 is 0 Å². The van der Waals surface area contributed by atoms with Crippen LogP contribution < -0.4 is 17.1 Å². The summed E-state index contributed by atoms with van der Waals surface area (Å²) in [6.45, 7) is 13.5. The third kappa shape index (κ3) is 9.88. The summed E-state index contributed by atoms with van der Waals surface area (Å²) >= 11 is 0. The van der Waals surface area contributed by atoms with Gasteiger partial charge in [-0.2, -0.15) is 0 Å². The fourth-order valence-electron chi connectivity index (χ4n) is 4.11. The molecule has 0 spiro atoms. The van der Waals surface area contributed by atoms with Gasteiger partial charge in [-0.05, 0) is 31.6 Å². The van der Waals surface area contributed by atoms with Gasteiger partial charge in [0.15, 0.2) is 0 Å². The third-order valence-electron chi connectivity index (χ3n) is 7.75. The first-order valence-corrected chi connectivity index (χ1v) is 14.0. The molecule has 1 aromatic heterocycles. The molecule has 0 aliphatic heterocycles. The molecular weight excluding hydrogens is 522 g/mol. The number of aliphatic hydroxyl groups excluding tert-OH is 2. The Morgan fingerprint density at radius 1 is 0.825 bits per heavy atom. The van der Waals surface area contributed by atoms with Crippen molar-refractivity contribution in [1.29, 1.82) is 0 Å². The van der Waals surface area contributed by atoms with Crippen molar-refractivity contribution < 1.29 is 29.3 Å². The molecule has 2 atom stereocenters. The molecule has 0 aliphatic carbocycles. The fourth-order valence-corrected chi connectivity index (χ4v) is 4.11. The summed E-state index contributed by atoms with van der Waals surface area (Å²) in [7, 11) is 0. The molecule has 2 unspecified atom stereocenters. The van der Waals surface area contributed by atoms with Crippen molar-refractivity contribution >= 4 is 11.9 Å². The molecule has 0 aliphatic rings. The number of aromatic nitrogens is 3. The van der Waals surface area contributed by atoms with E-state index in [9.17, 15) is 34.2 Å². The fraction of sp³-hybridized carbons (Fsp3) is 0.750. The Kier molecular flexibility index (Phi) is 13.8. The van der Waals surface area contributed by atoms with Crippen LogP contribution in [0.3, 0.4) is 0 Å². The molecule has 0 fully saturated rings. The van der Waals surface area contributed by atoms with Crippen molar-refractivity contribution in [1.82, 2.24) is 13.7 Å². The van der Waals surface area contributed by atoms with Crippen molar-refractivity contribution in [2.75, 3.05) is 6.61 Å². The van der Waals surface area contributed by atoms with Crippen molar-refractivity contribution in [2.24, 2.45) is 5.41 Å². The average Bonchev–Trinajstić information content (AvgIpc) is 2.93. The van der Waals surface area contributed by atoms with Gasteiger partial charge in [0.05, 0.1) is 38.6 Å². The van der Waals surface area contributed by atoms with E-state index in [1.54, 1.807) is 0 Å². The topological polar surface area (TPSA) is 159 Å². The van der Waals surface area contributed by atoms with Gasteiger partial charge < -0.3 is 19.7 Å². The van der Waals surface area contributed by atoms with Crippen molar-refractivity contribution in [2.45, 2.75) is 124 Å². The Hall–Kier alpha value is -2.99. The SMILES string of the molecule is C=CCn1c(=O)n(CC(O)COC(=O)CCC(=O)OC(C)(CC)CC)c(=O)n(CC(O)CC(C)(CC)CC)c1=O. The molecule has 2 N–H and O–H groups in total. The molecule has 12 nitrogen and oxygen atoms in total. The second-order valence-electron chi connectivity index (χ2n) is 10.8. The van der Waals surface area contributed by atoms with Crippen molar-refractivity contribution in [3.8, 4) is 0 Å². The lowest BCUT2D eigenvalue weighted by Gasteiger charge is -2.29. The standard InChI is InChI=1S/C28H47N3O9/c1-8-15-29-24(36)30(17-20(32)16-27(6,9-2)10-3)26(38)31(25(29)37)18-21(33)19-39-22(34)13-14-23(35)40-28(7,11-4)12-5/h8,20-21,32-33H,1,9-19H2,2-7H3. The van der Waals surface area contributed by atoms with Crippen LogP contribution in [-0.2, 0) is 38.7 Å². The van der Waals surface area contributed by atoms with Crippen LogP contribution in [0.4, 0.5) is 0 Å². The molecule has 0 saturated carbocycles. The second kappa shape index (κ2) is 15.7. The first-order chi connectivity index (χ1) is 18.7. The van der Waals surface area contributed by atoms with Gasteiger partial charge in [0.25, 0.3) is 0 Å². The van der Waals surface area contributed by atoms with Gasteiger partial charge in [0.2, 0.25) is 0 Å². The minimum absolute atomic E-state index is 0.189. The van der Waals surface area contributed by atoms with Crippen LogP contribution in [0.5, 0.6) is 0 Å².